The largest absolute Gasteiger partial charge is 0.394 e. The van der Waals surface area contributed by atoms with Gasteiger partial charge in [0.25, 0.3) is 0 Å². The lowest BCUT2D eigenvalue weighted by atomic mass is 9.97. The van der Waals surface area contributed by atoms with Gasteiger partial charge in [0.1, 0.15) is 67.1 Å². The highest BCUT2D eigenvalue weighted by molar-refractivity contribution is 4.95. The predicted molar refractivity (Wildman–Crippen MR) is 95.2 cm³/mol. The first-order chi connectivity index (χ1) is 15.1. The molecule has 0 aromatic rings. The maximum atomic E-state index is 10.5. The Kier molecular flexibility index (Phi) is 8.75. The molecule has 0 aliphatic carbocycles. The van der Waals surface area contributed by atoms with Crippen molar-refractivity contribution in [1.82, 2.24) is 0 Å². The predicted octanol–water partition coefficient (Wildman–Crippen LogP) is -6.93. The molecular weight excluding hydrogens is 444 g/mol. The van der Waals surface area contributed by atoms with Gasteiger partial charge >= 0.3 is 0 Å². The SMILES string of the molecule is OC[C@H]1OC(O[C@H]2C(O)O[C@H](CO)[C@@H](O)[C@@H]2O)[C@@H](OC2O[C@H](CO)[C@@H](O)[C@@H]2O)[C@@H](O)[C@@H]1O. The summed E-state index contributed by atoms with van der Waals surface area (Å²) in [4.78, 5) is 0. The molecule has 0 radical (unpaired) electrons. The van der Waals surface area contributed by atoms with Crippen molar-refractivity contribution in [2.24, 2.45) is 0 Å². The lowest BCUT2D eigenvalue weighted by molar-refractivity contribution is -0.377. The van der Waals surface area contributed by atoms with Gasteiger partial charge < -0.3 is 74.7 Å². The Morgan fingerprint density at radius 3 is 1.41 bits per heavy atom. The van der Waals surface area contributed by atoms with Gasteiger partial charge in [0.15, 0.2) is 18.9 Å². The summed E-state index contributed by atoms with van der Waals surface area (Å²) in [6.45, 7) is -2.13. The van der Waals surface area contributed by atoms with Crippen LogP contribution in [0, 0.1) is 0 Å². The molecule has 32 heavy (non-hydrogen) atoms. The number of aliphatic hydroxyl groups excluding tert-OH is 10. The van der Waals surface area contributed by atoms with Crippen LogP contribution < -0.4 is 0 Å². The smallest absolute Gasteiger partial charge is 0.187 e. The van der Waals surface area contributed by atoms with Crippen molar-refractivity contribution < 1.29 is 74.7 Å². The number of hydrogen-bond acceptors (Lipinski definition) is 15. The highest BCUT2D eigenvalue weighted by Crippen LogP contribution is 2.32. The van der Waals surface area contributed by atoms with E-state index in [-0.39, 0.29) is 0 Å². The van der Waals surface area contributed by atoms with E-state index in [1.54, 1.807) is 0 Å². The Bertz CT molecular complexity index is 596. The summed E-state index contributed by atoms with van der Waals surface area (Å²) in [6.07, 6.45) is -22.6. The number of hydrogen-bond donors (Lipinski definition) is 10. The highest BCUT2D eigenvalue weighted by atomic mass is 16.8. The molecular formula is C17H30O15. The van der Waals surface area contributed by atoms with Crippen LogP contribution in [0.15, 0.2) is 0 Å². The number of rotatable bonds is 7. The maximum Gasteiger partial charge on any atom is 0.187 e. The monoisotopic (exact) mass is 474 g/mol. The van der Waals surface area contributed by atoms with Crippen LogP contribution in [0.4, 0.5) is 0 Å². The van der Waals surface area contributed by atoms with Crippen LogP contribution in [0.1, 0.15) is 0 Å². The van der Waals surface area contributed by atoms with Crippen molar-refractivity contribution in [3.63, 3.8) is 0 Å². The molecule has 0 bridgehead atoms. The second kappa shape index (κ2) is 10.8. The minimum Gasteiger partial charge on any atom is -0.394 e. The zero-order chi connectivity index (χ0) is 23.7. The standard InChI is InChI=1S/C17H30O15/c18-1-4-7(21)10(24)13(15(27)28-4)31-17-14(11(25)8(22)5(2-19)30-17)32-16-12(26)9(23)6(3-20)29-16/h4-27H,1-3H2/t4-,5-,6-,7-,8-,9-,10+,11+,12+,13-,14+,15?,16?,17?/m1/s1. The zero-order valence-electron chi connectivity index (χ0n) is 16.7. The van der Waals surface area contributed by atoms with Gasteiger partial charge in [0, 0.05) is 0 Å². The normalized spacial score (nSPS) is 52.3. The van der Waals surface area contributed by atoms with Crippen LogP contribution in [0.25, 0.3) is 0 Å². The summed E-state index contributed by atoms with van der Waals surface area (Å²) >= 11 is 0. The van der Waals surface area contributed by atoms with E-state index in [9.17, 15) is 46.0 Å². The fourth-order valence-electron chi connectivity index (χ4n) is 3.82. The van der Waals surface area contributed by atoms with Crippen LogP contribution >= 0.6 is 0 Å². The van der Waals surface area contributed by atoms with Gasteiger partial charge in [-0.3, -0.25) is 0 Å². The van der Waals surface area contributed by atoms with Crippen LogP contribution in [0.2, 0.25) is 0 Å². The minimum absolute atomic E-state index is 0.654. The van der Waals surface area contributed by atoms with Crippen LogP contribution in [-0.2, 0) is 23.7 Å². The third-order valence-electron chi connectivity index (χ3n) is 5.75. The Hall–Kier alpha value is -0.600. The van der Waals surface area contributed by atoms with Gasteiger partial charge in [-0.25, -0.2) is 0 Å². The molecule has 15 heteroatoms. The molecule has 3 rings (SSSR count). The van der Waals surface area contributed by atoms with Crippen molar-refractivity contribution >= 4 is 0 Å². The van der Waals surface area contributed by atoms with Gasteiger partial charge in [-0.2, -0.15) is 0 Å². The molecule has 0 aromatic heterocycles. The van der Waals surface area contributed by atoms with Gasteiger partial charge in [-0.15, -0.1) is 0 Å². The lowest BCUT2D eigenvalue weighted by Gasteiger charge is -2.46. The topological polar surface area (TPSA) is 248 Å². The van der Waals surface area contributed by atoms with E-state index >= 15 is 0 Å². The van der Waals surface area contributed by atoms with Gasteiger partial charge in [0.2, 0.25) is 0 Å². The molecule has 0 aromatic carbocycles. The molecule has 188 valence electrons. The van der Waals surface area contributed by atoms with E-state index in [1.807, 2.05) is 0 Å². The highest BCUT2D eigenvalue weighted by Gasteiger charge is 2.53. The summed E-state index contributed by atoms with van der Waals surface area (Å²) in [7, 11) is 0. The Balaban J connectivity index is 1.79. The molecule has 3 aliphatic heterocycles. The Morgan fingerprint density at radius 1 is 0.469 bits per heavy atom. The fraction of sp³-hybridized carbons (Fsp3) is 1.00. The summed E-state index contributed by atoms with van der Waals surface area (Å²) in [6, 6.07) is 0. The molecule has 0 saturated carbocycles. The van der Waals surface area contributed by atoms with Gasteiger partial charge in [-0.05, 0) is 0 Å². The maximum absolute atomic E-state index is 10.5. The first-order valence-corrected chi connectivity index (χ1v) is 10.0. The summed E-state index contributed by atoms with van der Waals surface area (Å²) in [5, 5.41) is 98.9. The van der Waals surface area contributed by atoms with Crippen LogP contribution in [0.3, 0.4) is 0 Å². The van der Waals surface area contributed by atoms with Crippen LogP contribution in [-0.4, -0.2) is 157 Å². The van der Waals surface area contributed by atoms with E-state index < -0.39 is 106 Å². The quantitative estimate of drug-likeness (QED) is 0.165. The summed E-state index contributed by atoms with van der Waals surface area (Å²) in [5.41, 5.74) is 0. The Morgan fingerprint density at radius 2 is 0.875 bits per heavy atom. The summed E-state index contributed by atoms with van der Waals surface area (Å²) in [5.74, 6) is 0. The van der Waals surface area contributed by atoms with Crippen molar-refractivity contribution in [2.75, 3.05) is 19.8 Å². The molecule has 3 heterocycles. The minimum atomic E-state index is -1.86. The second-order valence-electron chi connectivity index (χ2n) is 7.84. The molecule has 0 spiro atoms. The summed E-state index contributed by atoms with van der Waals surface area (Å²) < 4.78 is 26.5. The van der Waals surface area contributed by atoms with E-state index in [1.165, 1.54) is 0 Å². The molecule has 14 atom stereocenters. The number of aliphatic hydroxyl groups is 10. The average molecular weight is 474 g/mol. The van der Waals surface area contributed by atoms with E-state index in [0.29, 0.717) is 0 Å². The van der Waals surface area contributed by atoms with Crippen molar-refractivity contribution in [1.29, 1.82) is 0 Å². The molecule has 3 saturated heterocycles. The molecule has 3 fully saturated rings. The van der Waals surface area contributed by atoms with Crippen molar-refractivity contribution in [3.05, 3.63) is 0 Å². The third-order valence-corrected chi connectivity index (χ3v) is 5.75. The van der Waals surface area contributed by atoms with Gasteiger partial charge in [-0.1, -0.05) is 0 Å². The van der Waals surface area contributed by atoms with E-state index in [4.69, 9.17) is 28.8 Å². The fourth-order valence-corrected chi connectivity index (χ4v) is 3.82. The molecule has 0 amide bonds. The molecule has 15 nitrogen and oxygen atoms in total. The van der Waals surface area contributed by atoms with Crippen LogP contribution in [0.5, 0.6) is 0 Å². The first kappa shape index (κ1) is 26.0. The van der Waals surface area contributed by atoms with Crippen molar-refractivity contribution in [2.45, 2.75) is 86.0 Å². The first-order valence-electron chi connectivity index (χ1n) is 10.0. The van der Waals surface area contributed by atoms with E-state index in [0.717, 1.165) is 0 Å². The van der Waals surface area contributed by atoms with E-state index in [2.05, 4.69) is 0 Å². The van der Waals surface area contributed by atoms with Gasteiger partial charge in [0.05, 0.1) is 19.8 Å². The average Bonchev–Trinajstić information content (AvgIpc) is 3.05. The van der Waals surface area contributed by atoms with Crippen molar-refractivity contribution in [3.8, 4) is 0 Å². The number of ether oxygens (including phenoxy) is 5. The molecule has 3 aliphatic rings. The lowest BCUT2D eigenvalue weighted by Crippen LogP contribution is -2.65. The Labute approximate surface area is 181 Å². The zero-order valence-corrected chi connectivity index (χ0v) is 16.7. The molecule has 10 N–H and O–H groups in total. The molecule has 3 unspecified atom stereocenters. The third kappa shape index (κ3) is 4.92. The second-order valence-corrected chi connectivity index (χ2v) is 7.84.